The third kappa shape index (κ3) is 7.91. The van der Waals surface area contributed by atoms with Crippen molar-refractivity contribution >= 4 is 35.4 Å². The Balaban J connectivity index is 1.26. The molecule has 0 aromatic heterocycles. The molecule has 324 valence electrons. The highest BCUT2D eigenvalue weighted by molar-refractivity contribution is 6.07. The minimum Gasteiger partial charge on any atom is -0.307 e. The van der Waals surface area contributed by atoms with Crippen LogP contribution in [0, 0.1) is 34.5 Å². The Hall–Kier alpha value is -4.18. The molecule has 4 heterocycles. The van der Waals surface area contributed by atoms with E-state index < -0.39 is 34.5 Å². The van der Waals surface area contributed by atoms with Gasteiger partial charge in [0.25, 0.3) is 0 Å². The summed E-state index contributed by atoms with van der Waals surface area (Å²) in [7, 11) is 1.52. The molecule has 5 aliphatic rings. The van der Waals surface area contributed by atoms with Crippen molar-refractivity contribution in [1.29, 1.82) is 0 Å². The van der Waals surface area contributed by atoms with Gasteiger partial charge in [-0.15, -0.1) is 0 Å². The molecule has 1 aliphatic carbocycles. The van der Waals surface area contributed by atoms with Gasteiger partial charge in [-0.05, 0) is 94.6 Å². The molecule has 2 aromatic carbocycles. The fraction of sp³-hybridized carbons (Fsp3) is 0.640. The average Bonchev–Trinajstić information content (AvgIpc) is 3.67. The van der Waals surface area contributed by atoms with Gasteiger partial charge in [0.05, 0.1) is 17.8 Å². The van der Waals surface area contributed by atoms with Gasteiger partial charge in [0.15, 0.2) is 0 Å². The van der Waals surface area contributed by atoms with Crippen LogP contribution < -0.4 is 5.32 Å². The Morgan fingerprint density at radius 3 is 1.58 bits per heavy atom. The maximum absolute atomic E-state index is 14.9. The van der Waals surface area contributed by atoms with Gasteiger partial charge in [-0.2, -0.15) is 0 Å². The zero-order chi connectivity index (χ0) is 44.0. The van der Waals surface area contributed by atoms with Crippen molar-refractivity contribution < 1.29 is 28.8 Å². The van der Waals surface area contributed by atoms with Crippen molar-refractivity contribution in [2.45, 2.75) is 161 Å². The van der Waals surface area contributed by atoms with Crippen molar-refractivity contribution in [2.24, 2.45) is 34.5 Å². The predicted molar refractivity (Wildman–Crippen MR) is 231 cm³/mol. The van der Waals surface area contributed by atoms with Crippen LogP contribution in [0.15, 0.2) is 60.7 Å². The van der Waals surface area contributed by atoms with Gasteiger partial charge in [0.2, 0.25) is 35.4 Å². The number of hydrogen-bond donors (Lipinski definition) is 1. The van der Waals surface area contributed by atoms with Crippen LogP contribution in [0.25, 0.3) is 0 Å². The molecule has 0 bridgehead atoms. The second kappa shape index (κ2) is 15.0. The number of carbonyl (C=O) groups is 6. The first-order valence-corrected chi connectivity index (χ1v) is 22.2. The van der Waals surface area contributed by atoms with Crippen LogP contribution >= 0.6 is 0 Å². The van der Waals surface area contributed by atoms with Gasteiger partial charge in [-0.25, -0.2) is 0 Å². The Bertz CT molecular complexity index is 2030. The van der Waals surface area contributed by atoms with Crippen LogP contribution in [-0.2, 0) is 39.6 Å². The molecule has 1 N–H and O–H groups in total. The molecular weight excluding hydrogens is 753 g/mol. The van der Waals surface area contributed by atoms with E-state index in [4.69, 9.17) is 0 Å². The lowest BCUT2D eigenvalue weighted by Gasteiger charge is -2.48. The number of likely N-dealkylation sites (tertiary alicyclic amines) is 3. The van der Waals surface area contributed by atoms with Crippen molar-refractivity contribution in [2.75, 3.05) is 7.05 Å². The van der Waals surface area contributed by atoms with Gasteiger partial charge in [-0.1, -0.05) is 102 Å². The Kier molecular flexibility index (Phi) is 11.0. The number of nitrogens with zero attached hydrogens (tertiary/aromatic N) is 3. The smallest absolute Gasteiger partial charge is 0.233 e. The molecule has 0 spiro atoms. The molecule has 5 fully saturated rings. The number of hydrogen-bond acceptors (Lipinski definition) is 7. The summed E-state index contributed by atoms with van der Waals surface area (Å²) in [5, 5.41) is 3.67. The van der Waals surface area contributed by atoms with Crippen molar-refractivity contribution in [3.8, 4) is 0 Å². The van der Waals surface area contributed by atoms with Crippen LogP contribution in [0.3, 0.4) is 0 Å². The lowest BCUT2D eigenvalue weighted by Crippen LogP contribution is -2.63. The summed E-state index contributed by atoms with van der Waals surface area (Å²) in [6.45, 7) is 21.2. The van der Waals surface area contributed by atoms with E-state index in [1.807, 2.05) is 74.5 Å². The van der Waals surface area contributed by atoms with Crippen molar-refractivity contribution in [3.05, 3.63) is 71.8 Å². The maximum atomic E-state index is 14.9. The highest BCUT2D eigenvalue weighted by atomic mass is 16.2. The quantitative estimate of drug-likeness (QED) is 0.245. The second-order valence-electron chi connectivity index (χ2n) is 22.7. The van der Waals surface area contributed by atoms with Gasteiger partial charge in [-0.3, -0.25) is 43.5 Å². The van der Waals surface area contributed by atoms with E-state index in [0.717, 1.165) is 30.4 Å². The number of nitrogens with one attached hydrogen (secondary N) is 1. The summed E-state index contributed by atoms with van der Waals surface area (Å²) >= 11 is 0. The molecule has 1 saturated carbocycles. The average molecular weight is 821 g/mol. The summed E-state index contributed by atoms with van der Waals surface area (Å²) in [5.41, 5.74) is -1.09. The van der Waals surface area contributed by atoms with Gasteiger partial charge < -0.3 is 5.32 Å². The molecular formula is C50H68N4O6. The summed E-state index contributed by atoms with van der Waals surface area (Å²) in [6.07, 6.45) is 4.11. The van der Waals surface area contributed by atoms with E-state index in [9.17, 15) is 28.8 Å². The highest BCUT2D eigenvalue weighted by Crippen LogP contribution is 2.54. The number of piperidine rings is 1. The molecule has 7 rings (SSSR count). The molecule has 6 amide bonds. The monoisotopic (exact) mass is 821 g/mol. The minimum absolute atomic E-state index is 0.00360. The van der Waals surface area contributed by atoms with Crippen LogP contribution in [0.2, 0.25) is 0 Å². The zero-order valence-corrected chi connectivity index (χ0v) is 37.9. The van der Waals surface area contributed by atoms with Crippen LogP contribution in [0.4, 0.5) is 0 Å². The molecule has 4 aliphatic heterocycles. The highest BCUT2D eigenvalue weighted by Gasteiger charge is 2.61. The SMILES string of the molecule is CN1C(=O)C(CC(C)(c2ccccc2)C2CC(=O)N(C3CC(C)(C)NC(C)(C)C3)C2=O)C(C(C)(CC2CC(=O)N(C3CC(C)(C)CC(C)(C)C3)C2=O)c2ccccc2)C1=O. The van der Waals surface area contributed by atoms with Gasteiger partial charge in [0.1, 0.15) is 0 Å². The molecule has 6 unspecified atom stereocenters. The van der Waals surface area contributed by atoms with E-state index in [2.05, 4.69) is 60.7 Å². The number of imide groups is 3. The molecule has 4 saturated heterocycles. The molecule has 10 heteroatoms. The number of rotatable bonds is 10. The summed E-state index contributed by atoms with van der Waals surface area (Å²) in [6, 6.07) is 18.8. The molecule has 0 radical (unpaired) electrons. The summed E-state index contributed by atoms with van der Waals surface area (Å²) < 4.78 is 0. The predicted octanol–water partition coefficient (Wildman–Crippen LogP) is 7.58. The Morgan fingerprint density at radius 2 is 1.05 bits per heavy atom. The van der Waals surface area contributed by atoms with E-state index >= 15 is 0 Å². The van der Waals surface area contributed by atoms with Crippen molar-refractivity contribution in [1.82, 2.24) is 20.0 Å². The lowest BCUT2D eigenvalue weighted by atomic mass is 9.58. The lowest BCUT2D eigenvalue weighted by molar-refractivity contribution is -0.147. The number of benzene rings is 2. The Morgan fingerprint density at radius 1 is 0.583 bits per heavy atom. The maximum Gasteiger partial charge on any atom is 0.233 e. The molecule has 2 aromatic rings. The second-order valence-corrected chi connectivity index (χ2v) is 22.7. The van der Waals surface area contributed by atoms with E-state index in [1.165, 1.54) is 21.7 Å². The number of amides is 6. The van der Waals surface area contributed by atoms with Gasteiger partial charge >= 0.3 is 0 Å². The Labute approximate surface area is 357 Å². The summed E-state index contributed by atoms with van der Waals surface area (Å²) in [4.78, 5) is 91.4. The fourth-order valence-electron chi connectivity index (χ4n) is 13.5. The third-order valence-corrected chi connectivity index (χ3v) is 15.2. The normalized spacial score (nSPS) is 30.3. The van der Waals surface area contributed by atoms with E-state index in [0.29, 0.717) is 12.8 Å². The van der Waals surface area contributed by atoms with Crippen molar-refractivity contribution in [3.63, 3.8) is 0 Å². The first kappa shape index (κ1) is 43.9. The standard InChI is InChI=1S/C50H68N4O6/c1-45(2)25-34(26-46(3,4)30-45)53-38(55)22-31(41(53)57)24-50(10,33-20-16-13-17-21-33)40-36(42(58)52(11)44(40)60)29-49(9,32-18-14-12-15-19-32)37-23-39(56)54(43(37)59)35-27-47(5,6)51-48(7,8)28-35/h12-21,31,34-37,40,51H,22-30H2,1-11H3. The van der Waals surface area contributed by atoms with E-state index in [-0.39, 0.29) is 95.1 Å². The van der Waals surface area contributed by atoms with Crippen LogP contribution in [0.1, 0.15) is 138 Å². The van der Waals surface area contributed by atoms with Gasteiger partial charge in [0, 0.05) is 59.8 Å². The third-order valence-electron chi connectivity index (χ3n) is 15.2. The van der Waals surface area contributed by atoms with Crippen LogP contribution in [-0.4, -0.2) is 80.4 Å². The molecule has 60 heavy (non-hydrogen) atoms. The molecule has 10 nitrogen and oxygen atoms in total. The first-order valence-electron chi connectivity index (χ1n) is 22.2. The summed E-state index contributed by atoms with van der Waals surface area (Å²) in [5.74, 6) is -4.72. The fourth-order valence-corrected chi connectivity index (χ4v) is 13.5. The first-order chi connectivity index (χ1) is 27.8. The topological polar surface area (TPSA) is 124 Å². The van der Waals surface area contributed by atoms with Crippen LogP contribution in [0.5, 0.6) is 0 Å². The molecule has 6 atom stereocenters. The zero-order valence-electron chi connectivity index (χ0n) is 37.9. The van der Waals surface area contributed by atoms with E-state index in [1.54, 1.807) is 0 Å². The number of carbonyl (C=O) groups excluding carboxylic acids is 6. The largest absolute Gasteiger partial charge is 0.307 e. The minimum atomic E-state index is -1.05.